The molecule has 1 atom stereocenters. The van der Waals surface area contributed by atoms with Crippen LogP contribution in [-0.4, -0.2) is 37.5 Å². The van der Waals surface area contributed by atoms with Gasteiger partial charge in [-0.25, -0.2) is 14.2 Å². The van der Waals surface area contributed by atoms with Crippen molar-refractivity contribution in [1.29, 1.82) is 0 Å². The first-order chi connectivity index (χ1) is 18.8. The summed E-state index contributed by atoms with van der Waals surface area (Å²) in [7, 11) is 1.51. The fourth-order valence-corrected chi connectivity index (χ4v) is 5.51. The highest BCUT2D eigenvalue weighted by Crippen LogP contribution is 2.32. The van der Waals surface area contributed by atoms with Crippen LogP contribution in [0.15, 0.2) is 63.5 Å². The minimum absolute atomic E-state index is 0.0551. The molecule has 0 saturated carbocycles. The summed E-state index contributed by atoms with van der Waals surface area (Å²) in [5, 5.41) is 0.186. The van der Waals surface area contributed by atoms with Crippen molar-refractivity contribution in [3.8, 4) is 5.75 Å². The third-order valence-corrected chi connectivity index (χ3v) is 7.56. The van der Waals surface area contributed by atoms with Gasteiger partial charge in [0.2, 0.25) is 0 Å². The predicted octanol–water partition coefficient (Wildman–Crippen LogP) is 4.79. The van der Waals surface area contributed by atoms with Gasteiger partial charge < -0.3 is 14.2 Å². The molecule has 3 aromatic rings. The van der Waals surface area contributed by atoms with Gasteiger partial charge in [0, 0.05) is 12.7 Å². The average Bonchev–Trinajstić information content (AvgIpc) is 3.22. The van der Waals surface area contributed by atoms with Crippen LogP contribution in [-0.2, 0) is 14.3 Å². The highest BCUT2D eigenvalue weighted by atomic mass is 35.5. The first kappa shape index (κ1) is 28.7. The molecule has 0 N–H and O–H groups in total. The Bertz CT molecular complexity index is 1520. The monoisotopic (exact) mass is 572 g/mol. The molecule has 206 valence electrons. The molecule has 0 spiro atoms. The second kappa shape index (κ2) is 13.2. The van der Waals surface area contributed by atoms with E-state index in [9.17, 15) is 14.0 Å². The van der Waals surface area contributed by atoms with E-state index < -0.39 is 23.4 Å². The van der Waals surface area contributed by atoms with Gasteiger partial charge in [-0.3, -0.25) is 9.36 Å². The summed E-state index contributed by atoms with van der Waals surface area (Å²) < 4.78 is 32.5. The Balaban J connectivity index is 1.80. The van der Waals surface area contributed by atoms with Gasteiger partial charge in [0.05, 0.1) is 40.1 Å². The summed E-state index contributed by atoms with van der Waals surface area (Å²) >= 11 is 7.31. The largest absolute Gasteiger partial charge is 0.494 e. The van der Waals surface area contributed by atoms with E-state index in [0.717, 1.165) is 30.6 Å². The molecule has 0 saturated heterocycles. The summed E-state index contributed by atoms with van der Waals surface area (Å²) in [6, 6.07) is 10.8. The number of ether oxygens (including phenoxy) is 3. The molecule has 7 nitrogen and oxygen atoms in total. The molecule has 0 fully saturated rings. The van der Waals surface area contributed by atoms with E-state index in [-0.39, 0.29) is 33.9 Å². The summed E-state index contributed by atoms with van der Waals surface area (Å²) in [6.07, 6.45) is 4.57. The molecule has 0 aliphatic carbocycles. The number of aromatic nitrogens is 1. The second-order valence-corrected chi connectivity index (χ2v) is 10.4. The van der Waals surface area contributed by atoms with Gasteiger partial charge in [-0.05, 0) is 49.2 Å². The number of carbonyl (C=O) groups excluding carboxylic acids is 1. The maximum absolute atomic E-state index is 14.5. The first-order valence-electron chi connectivity index (χ1n) is 12.7. The number of nitrogens with zero attached hydrogens (tertiary/aromatic N) is 2. The Morgan fingerprint density at radius 2 is 1.92 bits per heavy atom. The van der Waals surface area contributed by atoms with Gasteiger partial charge in [-0.15, -0.1) is 0 Å². The van der Waals surface area contributed by atoms with Crippen LogP contribution < -0.4 is 19.6 Å². The van der Waals surface area contributed by atoms with Crippen LogP contribution in [0.2, 0.25) is 5.02 Å². The van der Waals surface area contributed by atoms with Crippen molar-refractivity contribution in [2.24, 2.45) is 4.99 Å². The molecule has 4 rings (SSSR count). The number of unbranched alkanes of at least 4 members (excludes halogenated alkanes) is 2. The standard InChI is InChI=1S/C29H30ClFN2O5S/c1-4-5-6-14-37-20-12-10-19(11-13-20)26-25(28(35)38-16-15-36-3)18(2)32-29-33(26)27(34)24(39-29)17-21-22(30)8-7-9-23(21)31/h7-13,17,26H,4-6,14-16H2,1-3H3/b24-17-. The molecule has 2 aromatic carbocycles. The molecule has 0 amide bonds. The lowest BCUT2D eigenvalue weighted by Gasteiger charge is -2.25. The van der Waals surface area contributed by atoms with Gasteiger partial charge in [-0.2, -0.15) is 0 Å². The SMILES string of the molecule is CCCCCOc1ccc(C2C(C(=O)OCCOC)=C(C)N=c3s/c(=C\c4c(F)cccc4Cl)c(=O)n32)cc1. The second-order valence-electron chi connectivity index (χ2n) is 8.97. The number of halogens is 2. The quantitative estimate of drug-likeness (QED) is 0.244. The average molecular weight is 573 g/mol. The smallest absolute Gasteiger partial charge is 0.338 e. The molecule has 0 radical (unpaired) electrons. The lowest BCUT2D eigenvalue weighted by atomic mass is 9.96. The number of carbonyl (C=O) groups is 1. The van der Waals surface area contributed by atoms with Gasteiger partial charge >= 0.3 is 5.97 Å². The maximum atomic E-state index is 14.5. The van der Waals surface area contributed by atoms with E-state index in [4.69, 9.17) is 25.8 Å². The number of thiazole rings is 1. The number of hydrogen-bond donors (Lipinski definition) is 0. The van der Waals surface area contributed by atoms with Crippen LogP contribution in [0.5, 0.6) is 5.75 Å². The summed E-state index contributed by atoms with van der Waals surface area (Å²) in [5.41, 5.74) is 1.04. The highest BCUT2D eigenvalue weighted by molar-refractivity contribution is 7.07. The predicted molar refractivity (Wildman–Crippen MR) is 149 cm³/mol. The zero-order chi connectivity index (χ0) is 27.9. The van der Waals surface area contributed by atoms with Gasteiger partial charge in [-0.1, -0.05) is 60.9 Å². The zero-order valence-electron chi connectivity index (χ0n) is 22.0. The topological polar surface area (TPSA) is 79.1 Å². The molecule has 1 aromatic heterocycles. The summed E-state index contributed by atoms with van der Waals surface area (Å²) in [6.45, 7) is 4.73. The maximum Gasteiger partial charge on any atom is 0.338 e. The Hall–Kier alpha value is -3.27. The molecule has 1 aliphatic rings. The first-order valence-corrected chi connectivity index (χ1v) is 13.9. The number of benzene rings is 2. The third-order valence-electron chi connectivity index (χ3n) is 6.25. The Morgan fingerprint density at radius 1 is 1.15 bits per heavy atom. The van der Waals surface area contributed by atoms with Crippen molar-refractivity contribution in [2.75, 3.05) is 26.9 Å². The van der Waals surface area contributed by atoms with Crippen molar-refractivity contribution >= 4 is 35.0 Å². The van der Waals surface area contributed by atoms with E-state index in [2.05, 4.69) is 11.9 Å². The number of hydrogen-bond acceptors (Lipinski definition) is 7. The Morgan fingerprint density at radius 3 is 2.62 bits per heavy atom. The fraction of sp³-hybridized carbons (Fsp3) is 0.345. The number of rotatable bonds is 11. The molecular formula is C29H30ClFN2O5S. The fourth-order valence-electron chi connectivity index (χ4n) is 4.26. The number of methoxy groups -OCH3 is 1. The summed E-state index contributed by atoms with van der Waals surface area (Å²) in [5.74, 6) is -0.441. The lowest BCUT2D eigenvalue weighted by molar-refractivity contribution is -0.140. The van der Waals surface area contributed by atoms with Gasteiger partial charge in [0.25, 0.3) is 5.56 Å². The number of allylic oxidation sites excluding steroid dienone is 1. The van der Waals surface area contributed by atoms with Crippen molar-refractivity contribution in [3.63, 3.8) is 0 Å². The van der Waals surface area contributed by atoms with Crippen LogP contribution in [0.25, 0.3) is 6.08 Å². The summed E-state index contributed by atoms with van der Waals surface area (Å²) in [4.78, 5) is 31.9. The molecule has 1 aliphatic heterocycles. The van der Waals surface area contributed by atoms with Gasteiger partial charge in [0.1, 0.15) is 18.2 Å². The molecule has 0 bridgehead atoms. The molecule has 1 unspecified atom stereocenters. The van der Waals surface area contributed by atoms with Crippen LogP contribution >= 0.6 is 22.9 Å². The van der Waals surface area contributed by atoms with E-state index in [1.165, 1.54) is 29.9 Å². The van der Waals surface area contributed by atoms with Crippen molar-refractivity contribution in [3.05, 3.63) is 95.4 Å². The molecule has 39 heavy (non-hydrogen) atoms. The van der Waals surface area contributed by atoms with Gasteiger partial charge in [0.15, 0.2) is 4.80 Å². The molecule has 2 heterocycles. The van der Waals surface area contributed by atoms with Crippen molar-refractivity contribution in [2.45, 2.75) is 39.2 Å². The Kier molecular flexibility index (Phi) is 9.72. The van der Waals surface area contributed by atoms with Crippen LogP contribution in [0.4, 0.5) is 4.39 Å². The van der Waals surface area contributed by atoms with Crippen LogP contribution in [0.1, 0.15) is 50.3 Å². The molecule has 10 heteroatoms. The minimum Gasteiger partial charge on any atom is -0.494 e. The Labute approximate surface area is 234 Å². The van der Waals surface area contributed by atoms with Crippen LogP contribution in [0.3, 0.4) is 0 Å². The number of esters is 1. The van der Waals surface area contributed by atoms with E-state index >= 15 is 0 Å². The third kappa shape index (κ3) is 6.49. The van der Waals surface area contributed by atoms with Crippen LogP contribution in [0, 0.1) is 5.82 Å². The van der Waals surface area contributed by atoms with Crippen molar-refractivity contribution in [1.82, 2.24) is 4.57 Å². The lowest BCUT2D eigenvalue weighted by Crippen LogP contribution is -2.40. The zero-order valence-corrected chi connectivity index (χ0v) is 23.6. The van der Waals surface area contributed by atoms with E-state index in [1.807, 2.05) is 24.3 Å². The molecular weight excluding hydrogens is 543 g/mol. The number of fused-ring (bicyclic) bond motifs is 1. The van der Waals surface area contributed by atoms with Crippen molar-refractivity contribution < 1.29 is 23.4 Å². The van der Waals surface area contributed by atoms with E-state index in [0.29, 0.717) is 28.4 Å². The van der Waals surface area contributed by atoms with E-state index in [1.54, 1.807) is 13.0 Å². The normalized spacial score (nSPS) is 15.2. The highest BCUT2D eigenvalue weighted by Gasteiger charge is 2.33. The minimum atomic E-state index is -0.802.